The Balaban J connectivity index is 1.63. The number of carbonyl (C=O) groups is 2. The van der Waals surface area contributed by atoms with E-state index in [-0.39, 0.29) is 6.04 Å². The van der Waals surface area contributed by atoms with Crippen molar-refractivity contribution < 1.29 is 24.9 Å². The second kappa shape index (κ2) is 6.75. The molecule has 0 amide bonds. The van der Waals surface area contributed by atoms with Crippen molar-refractivity contribution >= 4 is 11.9 Å². The van der Waals surface area contributed by atoms with Crippen LogP contribution in [0.2, 0.25) is 0 Å². The molecule has 0 bridgehead atoms. The van der Waals surface area contributed by atoms with Crippen LogP contribution in [-0.2, 0) is 9.59 Å². The van der Waals surface area contributed by atoms with Gasteiger partial charge in [-0.15, -0.1) is 0 Å². The highest BCUT2D eigenvalue weighted by Crippen LogP contribution is 2.38. The summed E-state index contributed by atoms with van der Waals surface area (Å²) in [6, 6.07) is -0.200. The highest BCUT2D eigenvalue weighted by atomic mass is 16.4. The summed E-state index contributed by atoms with van der Waals surface area (Å²) in [5.74, 6) is -1.23. The Morgan fingerprint density at radius 3 is 2.43 bits per heavy atom. The molecule has 6 atom stereocenters. The van der Waals surface area contributed by atoms with Gasteiger partial charge in [-0.25, -0.2) is 0 Å². The zero-order chi connectivity index (χ0) is 16.6. The summed E-state index contributed by atoms with van der Waals surface area (Å²) in [4.78, 5) is 24.6. The molecule has 3 rings (SSSR count). The third kappa shape index (κ3) is 3.67. The number of β-amino-alcohol motifs (C(OH)–C–C–N with tert-alkyl or cyclic N) is 1. The summed E-state index contributed by atoms with van der Waals surface area (Å²) < 4.78 is 0. The van der Waals surface area contributed by atoms with Crippen molar-refractivity contribution in [3.05, 3.63) is 0 Å². The number of fused-ring (bicyclic) bond motifs is 1. The van der Waals surface area contributed by atoms with E-state index >= 15 is 0 Å². The maximum atomic E-state index is 11.3. The first-order valence-corrected chi connectivity index (χ1v) is 8.55. The highest BCUT2D eigenvalue weighted by molar-refractivity contribution is 5.73. The molecule has 0 aromatic rings. The molecule has 4 N–H and O–H groups in total. The SMILES string of the molecule is O=C(O)[C@@H]1C[C@H](O)CN([C@H]2CC[C@H]3CN[C@H](C(=O)O)C[C@H]3C2)C1. The molecule has 3 aliphatic rings. The van der Waals surface area contributed by atoms with E-state index in [1.54, 1.807) is 0 Å². The molecule has 0 spiro atoms. The largest absolute Gasteiger partial charge is 0.481 e. The number of carboxylic acid groups (broad SMARTS) is 2. The zero-order valence-corrected chi connectivity index (χ0v) is 13.2. The Hall–Kier alpha value is -1.18. The number of aliphatic carboxylic acids is 2. The van der Waals surface area contributed by atoms with Crippen LogP contribution in [0.4, 0.5) is 0 Å². The maximum absolute atomic E-state index is 11.3. The van der Waals surface area contributed by atoms with Gasteiger partial charge < -0.3 is 20.6 Å². The van der Waals surface area contributed by atoms with Crippen molar-refractivity contribution in [2.45, 2.75) is 50.3 Å². The normalized spacial score (nSPS) is 42.0. The number of nitrogens with one attached hydrogen (secondary N) is 1. The monoisotopic (exact) mass is 326 g/mol. The predicted octanol–water partition coefficient (Wildman–Crippen LogP) is -0.0148. The summed E-state index contributed by atoms with van der Waals surface area (Å²) in [5, 5.41) is 31.5. The van der Waals surface area contributed by atoms with Gasteiger partial charge in [-0.2, -0.15) is 0 Å². The molecular weight excluding hydrogens is 300 g/mol. The standard InChI is InChI=1S/C16H26N2O5/c19-13-4-11(15(20)21)7-18(8-13)12-2-1-9-6-17-14(16(22)23)5-10(9)3-12/h9-14,17,19H,1-8H2,(H,20,21)(H,22,23)/t9-,10+,11+,12-,13-,14-/m0/s1. The van der Waals surface area contributed by atoms with Gasteiger partial charge in [0.25, 0.3) is 0 Å². The second-order valence-corrected chi connectivity index (χ2v) is 7.40. The van der Waals surface area contributed by atoms with Crippen molar-refractivity contribution in [3.63, 3.8) is 0 Å². The first-order valence-electron chi connectivity index (χ1n) is 8.55. The number of likely N-dealkylation sites (tertiary alicyclic amines) is 1. The molecule has 0 radical (unpaired) electrons. The van der Waals surface area contributed by atoms with Crippen molar-refractivity contribution in [3.8, 4) is 0 Å². The number of nitrogens with zero attached hydrogens (tertiary/aromatic N) is 1. The van der Waals surface area contributed by atoms with Gasteiger partial charge in [0.2, 0.25) is 0 Å². The molecule has 0 aromatic heterocycles. The van der Waals surface area contributed by atoms with E-state index in [4.69, 9.17) is 0 Å². The number of hydrogen-bond acceptors (Lipinski definition) is 5. The summed E-state index contributed by atoms with van der Waals surface area (Å²) in [7, 11) is 0. The molecule has 23 heavy (non-hydrogen) atoms. The topological polar surface area (TPSA) is 110 Å². The number of aliphatic hydroxyl groups is 1. The first kappa shape index (κ1) is 16.7. The first-order chi connectivity index (χ1) is 10.9. The quantitative estimate of drug-likeness (QED) is 0.577. The Morgan fingerprint density at radius 2 is 1.74 bits per heavy atom. The molecule has 0 unspecified atom stereocenters. The fourth-order valence-corrected chi connectivity index (χ4v) is 4.64. The fourth-order valence-electron chi connectivity index (χ4n) is 4.64. The van der Waals surface area contributed by atoms with Crippen LogP contribution in [0.1, 0.15) is 32.1 Å². The Morgan fingerprint density at radius 1 is 0.957 bits per heavy atom. The zero-order valence-electron chi connectivity index (χ0n) is 13.2. The lowest BCUT2D eigenvalue weighted by molar-refractivity contribution is -0.147. The van der Waals surface area contributed by atoms with Gasteiger partial charge in [-0.1, -0.05) is 0 Å². The molecule has 1 aliphatic carbocycles. The van der Waals surface area contributed by atoms with Gasteiger partial charge in [-0.05, 0) is 50.5 Å². The van der Waals surface area contributed by atoms with Crippen molar-refractivity contribution in [2.75, 3.05) is 19.6 Å². The minimum Gasteiger partial charge on any atom is -0.481 e. The predicted molar refractivity (Wildman–Crippen MR) is 82.0 cm³/mol. The Bertz CT molecular complexity index is 471. The molecule has 2 heterocycles. The molecule has 7 nitrogen and oxygen atoms in total. The van der Waals surface area contributed by atoms with Gasteiger partial charge in [-0.3, -0.25) is 14.5 Å². The van der Waals surface area contributed by atoms with Crippen LogP contribution in [0, 0.1) is 17.8 Å². The molecule has 2 aliphatic heterocycles. The average Bonchev–Trinajstić information content (AvgIpc) is 2.53. The maximum Gasteiger partial charge on any atom is 0.320 e. The van der Waals surface area contributed by atoms with Crippen LogP contribution in [0.15, 0.2) is 0 Å². The summed E-state index contributed by atoms with van der Waals surface area (Å²) in [6.45, 7) is 1.79. The summed E-state index contributed by atoms with van der Waals surface area (Å²) in [6.07, 6.45) is 3.35. The number of hydrogen-bond donors (Lipinski definition) is 4. The van der Waals surface area contributed by atoms with E-state index in [1.807, 2.05) is 0 Å². The van der Waals surface area contributed by atoms with E-state index in [0.29, 0.717) is 37.8 Å². The molecule has 1 saturated carbocycles. The Labute approximate surface area is 135 Å². The third-order valence-corrected chi connectivity index (χ3v) is 5.90. The van der Waals surface area contributed by atoms with Gasteiger partial charge in [0, 0.05) is 19.1 Å². The van der Waals surface area contributed by atoms with Crippen molar-refractivity contribution in [1.82, 2.24) is 10.2 Å². The van der Waals surface area contributed by atoms with E-state index in [2.05, 4.69) is 10.2 Å². The molecular formula is C16H26N2O5. The number of piperidine rings is 2. The van der Waals surface area contributed by atoms with Crippen LogP contribution in [0.5, 0.6) is 0 Å². The minimum atomic E-state index is -0.838. The second-order valence-electron chi connectivity index (χ2n) is 7.40. The van der Waals surface area contributed by atoms with E-state index in [9.17, 15) is 24.9 Å². The van der Waals surface area contributed by atoms with Crippen LogP contribution >= 0.6 is 0 Å². The molecule has 7 heteroatoms. The smallest absolute Gasteiger partial charge is 0.320 e. The average molecular weight is 326 g/mol. The molecule has 3 fully saturated rings. The summed E-state index contributed by atoms with van der Waals surface area (Å²) in [5.41, 5.74) is 0. The number of rotatable bonds is 3. The number of aliphatic hydroxyl groups excluding tert-OH is 1. The lowest BCUT2D eigenvalue weighted by atomic mass is 9.71. The van der Waals surface area contributed by atoms with E-state index in [0.717, 1.165) is 25.8 Å². The highest BCUT2D eigenvalue weighted by Gasteiger charge is 2.41. The van der Waals surface area contributed by atoms with E-state index < -0.39 is 30.0 Å². The molecule has 2 saturated heterocycles. The lowest BCUT2D eigenvalue weighted by Crippen LogP contribution is -2.55. The lowest BCUT2D eigenvalue weighted by Gasteiger charge is -2.47. The van der Waals surface area contributed by atoms with Crippen LogP contribution in [0.3, 0.4) is 0 Å². The summed E-state index contributed by atoms with van der Waals surface area (Å²) >= 11 is 0. The van der Waals surface area contributed by atoms with Gasteiger partial charge in [0.05, 0.1) is 12.0 Å². The van der Waals surface area contributed by atoms with Crippen LogP contribution in [-0.4, -0.2) is 70.0 Å². The molecule has 130 valence electrons. The van der Waals surface area contributed by atoms with Gasteiger partial charge in [0.15, 0.2) is 0 Å². The van der Waals surface area contributed by atoms with Gasteiger partial charge >= 0.3 is 11.9 Å². The van der Waals surface area contributed by atoms with Crippen LogP contribution in [0.25, 0.3) is 0 Å². The van der Waals surface area contributed by atoms with Gasteiger partial charge in [0.1, 0.15) is 6.04 Å². The minimum absolute atomic E-state index is 0.264. The fraction of sp³-hybridized carbons (Fsp3) is 0.875. The van der Waals surface area contributed by atoms with Crippen LogP contribution < -0.4 is 5.32 Å². The van der Waals surface area contributed by atoms with E-state index in [1.165, 1.54) is 0 Å². The Kier molecular flexibility index (Phi) is 4.89. The molecule has 0 aromatic carbocycles. The number of carboxylic acids is 2. The third-order valence-electron chi connectivity index (χ3n) is 5.90. The van der Waals surface area contributed by atoms with Crippen molar-refractivity contribution in [2.24, 2.45) is 17.8 Å². The van der Waals surface area contributed by atoms with Crippen molar-refractivity contribution in [1.29, 1.82) is 0 Å².